The molecular formula is C14H21N3O3. The van der Waals surface area contributed by atoms with E-state index < -0.39 is 11.9 Å². The monoisotopic (exact) mass is 279 g/mol. The van der Waals surface area contributed by atoms with Crippen LogP contribution in [0.15, 0.2) is 6.07 Å². The van der Waals surface area contributed by atoms with Crippen LogP contribution in [0.25, 0.3) is 0 Å². The molecule has 1 rings (SSSR count). The van der Waals surface area contributed by atoms with Gasteiger partial charge in [-0.05, 0) is 32.4 Å². The number of nitrogens with zero attached hydrogens (tertiary/aromatic N) is 2. The van der Waals surface area contributed by atoms with Crippen LogP contribution in [0.3, 0.4) is 0 Å². The average Bonchev–Trinajstić information content (AvgIpc) is 2.32. The Bertz CT molecular complexity index is 505. The summed E-state index contributed by atoms with van der Waals surface area (Å²) in [4.78, 5) is 28.5. The van der Waals surface area contributed by atoms with Crippen molar-refractivity contribution < 1.29 is 14.7 Å². The molecule has 0 aliphatic carbocycles. The van der Waals surface area contributed by atoms with E-state index in [1.165, 1.54) is 4.90 Å². The molecule has 6 nitrogen and oxygen atoms in total. The average molecular weight is 279 g/mol. The second-order valence-corrected chi connectivity index (χ2v) is 5.09. The van der Waals surface area contributed by atoms with Crippen molar-refractivity contribution in [3.8, 4) is 0 Å². The molecule has 2 N–H and O–H groups in total. The lowest BCUT2D eigenvalue weighted by atomic mass is 10.1. The largest absolute Gasteiger partial charge is 0.481 e. The van der Waals surface area contributed by atoms with E-state index in [1.54, 1.807) is 14.0 Å². The summed E-state index contributed by atoms with van der Waals surface area (Å²) in [7, 11) is 1.57. The van der Waals surface area contributed by atoms with E-state index in [9.17, 15) is 9.59 Å². The molecular weight excluding hydrogens is 258 g/mol. The SMILES string of the molecule is Cc1cc(C)c(NC(=O)N(C)CC(C)C(=O)O)c(C)n1. The number of carboxylic acids is 1. The number of carbonyl (C=O) groups is 2. The molecule has 1 unspecified atom stereocenters. The summed E-state index contributed by atoms with van der Waals surface area (Å²) in [6, 6.07) is 1.55. The third-order valence-electron chi connectivity index (χ3n) is 3.07. The van der Waals surface area contributed by atoms with Crippen LogP contribution in [0.1, 0.15) is 23.9 Å². The van der Waals surface area contributed by atoms with Gasteiger partial charge in [0.1, 0.15) is 0 Å². The normalized spacial score (nSPS) is 11.8. The molecule has 20 heavy (non-hydrogen) atoms. The van der Waals surface area contributed by atoms with Gasteiger partial charge in [0.15, 0.2) is 0 Å². The molecule has 110 valence electrons. The van der Waals surface area contributed by atoms with Crippen molar-refractivity contribution >= 4 is 17.7 Å². The van der Waals surface area contributed by atoms with Crippen molar-refractivity contribution in [1.29, 1.82) is 0 Å². The predicted octanol–water partition coefficient (Wildman–Crippen LogP) is 2.19. The van der Waals surface area contributed by atoms with Crippen LogP contribution in [0.5, 0.6) is 0 Å². The first-order valence-corrected chi connectivity index (χ1v) is 6.42. The minimum Gasteiger partial charge on any atom is -0.481 e. The Morgan fingerprint density at radius 1 is 1.40 bits per heavy atom. The molecule has 0 saturated heterocycles. The van der Waals surface area contributed by atoms with Gasteiger partial charge in [0.2, 0.25) is 0 Å². The lowest BCUT2D eigenvalue weighted by molar-refractivity contribution is -0.141. The standard InChI is InChI=1S/C14H21N3O3/c1-8-6-10(3)15-11(4)12(8)16-14(20)17(5)7-9(2)13(18)19/h6,9H,7H2,1-5H3,(H,16,20)(H,18,19). The Labute approximate surface area is 118 Å². The van der Waals surface area contributed by atoms with Gasteiger partial charge in [-0.2, -0.15) is 0 Å². The van der Waals surface area contributed by atoms with Crippen LogP contribution >= 0.6 is 0 Å². The molecule has 0 aromatic carbocycles. The van der Waals surface area contributed by atoms with Crippen molar-refractivity contribution in [3.63, 3.8) is 0 Å². The van der Waals surface area contributed by atoms with Crippen LogP contribution < -0.4 is 5.32 Å². The molecule has 1 aromatic heterocycles. The van der Waals surface area contributed by atoms with E-state index in [2.05, 4.69) is 10.3 Å². The van der Waals surface area contributed by atoms with E-state index in [1.807, 2.05) is 26.8 Å². The predicted molar refractivity (Wildman–Crippen MR) is 76.9 cm³/mol. The maximum atomic E-state index is 12.1. The Hall–Kier alpha value is -2.11. The van der Waals surface area contributed by atoms with E-state index in [4.69, 9.17) is 5.11 Å². The minimum atomic E-state index is -0.922. The number of anilines is 1. The highest BCUT2D eigenvalue weighted by molar-refractivity contribution is 5.90. The molecule has 0 fully saturated rings. The summed E-state index contributed by atoms with van der Waals surface area (Å²) in [5, 5.41) is 11.6. The van der Waals surface area contributed by atoms with Gasteiger partial charge in [-0.25, -0.2) is 4.79 Å². The van der Waals surface area contributed by atoms with Gasteiger partial charge < -0.3 is 15.3 Å². The van der Waals surface area contributed by atoms with E-state index in [0.717, 1.165) is 17.0 Å². The number of aliphatic carboxylic acids is 1. The first-order chi connectivity index (χ1) is 9.22. The zero-order valence-corrected chi connectivity index (χ0v) is 12.5. The van der Waals surface area contributed by atoms with Crippen LogP contribution in [-0.2, 0) is 4.79 Å². The fraction of sp³-hybridized carbons (Fsp3) is 0.500. The quantitative estimate of drug-likeness (QED) is 0.885. The summed E-state index contributed by atoms with van der Waals surface area (Å²) < 4.78 is 0. The fourth-order valence-corrected chi connectivity index (χ4v) is 1.99. The zero-order chi connectivity index (χ0) is 15.4. The summed E-state index contributed by atoms with van der Waals surface area (Å²) in [5.41, 5.74) is 3.25. The van der Waals surface area contributed by atoms with E-state index in [0.29, 0.717) is 5.69 Å². The van der Waals surface area contributed by atoms with Crippen LogP contribution in [0, 0.1) is 26.7 Å². The molecule has 2 amide bonds. The molecule has 6 heteroatoms. The number of aromatic nitrogens is 1. The second kappa shape index (κ2) is 6.36. The smallest absolute Gasteiger partial charge is 0.321 e. The Balaban J connectivity index is 2.78. The lowest BCUT2D eigenvalue weighted by Gasteiger charge is -2.21. The summed E-state index contributed by atoms with van der Waals surface area (Å²) in [6.45, 7) is 7.34. The highest BCUT2D eigenvalue weighted by Crippen LogP contribution is 2.19. The first-order valence-electron chi connectivity index (χ1n) is 6.42. The highest BCUT2D eigenvalue weighted by atomic mass is 16.4. The zero-order valence-electron chi connectivity index (χ0n) is 12.5. The highest BCUT2D eigenvalue weighted by Gasteiger charge is 2.18. The number of urea groups is 1. The van der Waals surface area contributed by atoms with Gasteiger partial charge in [-0.1, -0.05) is 6.92 Å². The third-order valence-corrected chi connectivity index (χ3v) is 3.07. The molecule has 1 heterocycles. The van der Waals surface area contributed by atoms with Gasteiger partial charge >= 0.3 is 12.0 Å². The number of pyridine rings is 1. The number of aryl methyl sites for hydroxylation is 3. The van der Waals surface area contributed by atoms with Crippen LogP contribution in [0.4, 0.5) is 10.5 Å². The summed E-state index contributed by atoms with van der Waals surface area (Å²) in [6.07, 6.45) is 0. The number of carbonyl (C=O) groups excluding carboxylic acids is 1. The minimum absolute atomic E-state index is 0.151. The maximum absolute atomic E-state index is 12.1. The van der Waals surface area contributed by atoms with E-state index in [-0.39, 0.29) is 12.6 Å². The number of hydrogen-bond donors (Lipinski definition) is 2. The van der Waals surface area contributed by atoms with Gasteiger partial charge in [0.05, 0.1) is 17.3 Å². The second-order valence-electron chi connectivity index (χ2n) is 5.09. The van der Waals surface area contributed by atoms with Crippen molar-refractivity contribution in [2.45, 2.75) is 27.7 Å². The number of hydrogen-bond acceptors (Lipinski definition) is 3. The van der Waals surface area contributed by atoms with Crippen molar-refractivity contribution in [2.24, 2.45) is 5.92 Å². The topological polar surface area (TPSA) is 82.5 Å². The molecule has 0 radical (unpaired) electrons. The number of amides is 2. The summed E-state index contributed by atoms with van der Waals surface area (Å²) >= 11 is 0. The van der Waals surface area contributed by atoms with Crippen LogP contribution in [0.2, 0.25) is 0 Å². The Morgan fingerprint density at radius 3 is 2.50 bits per heavy atom. The molecule has 0 spiro atoms. The number of carboxylic acid groups (broad SMARTS) is 1. The fourth-order valence-electron chi connectivity index (χ4n) is 1.99. The maximum Gasteiger partial charge on any atom is 0.321 e. The Morgan fingerprint density at radius 2 is 2.00 bits per heavy atom. The van der Waals surface area contributed by atoms with Gasteiger partial charge in [0, 0.05) is 19.3 Å². The van der Waals surface area contributed by atoms with Gasteiger partial charge in [0.25, 0.3) is 0 Å². The Kier molecular flexibility index (Phi) is 5.07. The van der Waals surface area contributed by atoms with E-state index >= 15 is 0 Å². The lowest BCUT2D eigenvalue weighted by Crippen LogP contribution is -2.37. The number of nitrogens with one attached hydrogen (secondary N) is 1. The molecule has 0 aliphatic heterocycles. The molecule has 0 aliphatic rings. The molecule has 1 aromatic rings. The molecule has 1 atom stereocenters. The molecule has 0 bridgehead atoms. The molecule has 0 saturated carbocycles. The van der Waals surface area contributed by atoms with Crippen molar-refractivity contribution in [2.75, 3.05) is 18.9 Å². The number of rotatable bonds is 4. The van der Waals surface area contributed by atoms with Gasteiger partial charge in [-0.3, -0.25) is 9.78 Å². The van der Waals surface area contributed by atoms with Gasteiger partial charge in [-0.15, -0.1) is 0 Å². The van der Waals surface area contributed by atoms with Crippen LogP contribution in [-0.4, -0.2) is 40.6 Å². The van der Waals surface area contributed by atoms with Crippen molar-refractivity contribution in [3.05, 3.63) is 23.0 Å². The van der Waals surface area contributed by atoms with Crippen molar-refractivity contribution in [1.82, 2.24) is 9.88 Å². The summed E-state index contributed by atoms with van der Waals surface area (Å²) in [5.74, 6) is -1.53. The third kappa shape index (κ3) is 3.94. The first kappa shape index (κ1) is 15.9.